The van der Waals surface area contributed by atoms with Gasteiger partial charge in [0.05, 0.1) is 17.2 Å². The summed E-state index contributed by atoms with van der Waals surface area (Å²) < 4.78 is 14.4. The molecule has 0 radical (unpaired) electrons. The number of guanidine groups is 1. The Balaban J connectivity index is 3.21. The molecule has 0 atom stereocenters. The zero-order chi connectivity index (χ0) is 19.0. The molecule has 0 saturated carbocycles. The van der Waals surface area contributed by atoms with Gasteiger partial charge in [-0.15, -0.1) is 6.58 Å². The van der Waals surface area contributed by atoms with Crippen LogP contribution < -0.4 is 16.0 Å². The number of nitrogens with zero attached hydrogens (tertiary/aromatic N) is 4. The van der Waals surface area contributed by atoms with Gasteiger partial charge in [-0.3, -0.25) is 10.1 Å². The third-order valence-corrected chi connectivity index (χ3v) is 3.45. The first-order chi connectivity index (χ1) is 11.8. The molecule has 0 fully saturated rings. The minimum atomic E-state index is -0.638. The van der Waals surface area contributed by atoms with Gasteiger partial charge in [0.1, 0.15) is 11.5 Å². The van der Waals surface area contributed by atoms with Gasteiger partial charge in [0, 0.05) is 31.8 Å². The van der Waals surface area contributed by atoms with Crippen molar-refractivity contribution < 1.29 is 9.31 Å². The van der Waals surface area contributed by atoms with Crippen LogP contribution in [0.15, 0.2) is 29.8 Å². The van der Waals surface area contributed by atoms with Crippen LogP contribution in [-0.2, 0) is 0 Å². The third kappa shape index (κ3) is 6.03. The summed E-state index contributed by atoms with van der Waals surface area (Å²) >= 11 is 0. The molecule has 9 heteroatoms. The maximum Gasteiger partial charge on any atom is 0.294 e. The first-order valence-corrected chi connectivity index (χ1v) is 7.85. The van der Waals surface area contributed by atoms with Gasteiger partial charge < -0.3 is 20.9 Å². The summed E-state index contributed by atoms with van der Waals surface area (Å²) in [5.74, 6) is -0.679. The van der Waals surface area contributed by atoms with Gasteiger partial charge in [-0.25, -0.2) is 9.38 Å². The van der Waals surface area contributed by atoms with Crippen LogP contribution in [0.1, 0.15) is 6.92 Å². The Labute approximate surface area is 147 Å². The van der Waals surface area contributed by atoms with Crippen molar-refractivity contribution in [3.05, 3.63) is 40.7 Å². The number of aliphatic imine (C=N–C) groups is 1. The number of rotatable bonds is 9. The van der Waals surface area contributed by atoms with Crippen molar-refractivity contribution in [1.82, 2.24) is 4.90 Å². The molecule has 0 amide bonds. The minimum absolute atomic E-state index is 0.0409. The van der Waals surface area contributed by atoms with Gasteiger partial charge >= 0.3 is 0 Å². The van der Waals surface area contributed by atoms with E-state index in [0.29, 0.717) is 19.6 Å². The average molecular weight is 352 g/mol. The molecule has 25 heavy (non-hydrogen) atoms. The molecule has 0 aliphatic carbocycles. The lowest BCUT2D eigenvalue weighted by molar-refractivity contribution is -0.384. The molecule has 0 bridgehead atoms. The lowest BCUT2D eigenvalue weighted by Gasteiger charge is -2.25. The summed E-state index contributed by atoms with van der Waals surface area (Å²) in [6.45, 7) is 7.37. The van der Waals surface area contributed by atoms with Crippen LogP contribution >= 0.6 is 0 Å². The zero-order valence-electron chi connectivity index (χ0n) is 14.8. The van der Waals surface area contributed by atoms with Gasteiger partial charge in [-0.05, 0) is 21.0 Å². The zero-order valence-corrected chi connectivity index (χ0v) is 14.8. The van der Waals surface area contributed by atoms with E-state index in [2.05, 4.69) is 16.9 Å². The number of nitro groups is 1. The highest BCUT2D eigenvalue weighted by Gasteiger charge is 2.22. The van der Waals surface area contributed by atoms with E-state index in [4.69, 9.17) is 5.73 Å². The van der Waals surface area contributed by atoms with Crippen molar-refractivity contribution in [2.24, 2.45) is 10.7 Å². The first kappa shape index (κ1) is 20.4. The Morgan fingerprint density at radius 1 is 1.48 bits per heavy atom. The monoisotopic (exact) mass is 352 g/mol. The summed E-state index contributed by atoms with van der Waals surface area (Å²) in [5, 5.41) is 14.0. The molecule has 138 valence electrons. The smallest absolute Gasteiger partial charge is 0.294 e. The first-order valence-electron chi connectivity index (χ1n) is 7.85. The van der Waals surface area contributed by atoms with E-state index in [9.17, 15) is 14.5 Å². The Bertz CT molecular complexity index is 648. The standard InChI is InChI=1S/C16H25FN6O2/c1-5-7-19-16(18)20-13-11-15(23(24)25)14(10-12(13)17)22(6-2)9-8-21(3)4/h5,10-11H,1,6-9H2,2-4H3,(H3,18,19,20). The van der Waals surface area contributed by atoms with Crippen molar-refractivity contribution in [2.75, 3.05) is 50.5 Å². The van der Waals surface area contributed by atoms with Crippen LogP contribution in [0.5, 0.6) is 0 Å². The number of likely N-dealkylation sites (N-methyl/N-ethyl adjacent to an activating group) is 2. The van der Waals surface area contributed by atoms with Crippen LogP contribution in [0.4, 0.5) is 21.5 Å². The summed E-state index contributed by atoms with van der Waals surface area (Å²) in [6, 6.07) is 2.29. The van der Waals surface area contributed by atoms with Crippen molar-refractivity contribution in [2.45, 2.75) is 6.92 Å². The van der Waals surface area contributed by atoms with Crippen molar-refractivity contribution in [1.29, 1.82) is 0 Å². The molecule has 0 aromatic heterocycles. The molecule has 1 aromatic carbocycles. The van der Waals surface area contributed by atoms with E-state index < -0.39 is 10.7 Å². The minimum Gasteiger partial charge on any atom is -0.370 e. The molecule has 0 saturated heterocycles. The molecule has 0 spiro atoms. The van der Waals surface area contributed by atoms with Crippen LogP contribution in [-0.4, -0.2) is 56.1 Å². The van der Waals surface area contributed by atoms with E-state index in [1.54, 1.807) is 4.90 Å². The van der Waals surface area contributed by atoms with Crippen LogP contribution in [0, 0.1) is 15.9 Å². The molecular weight excluding hydrogens is 327 g/mol. The fourth-order valence-electron chi connectivity index (χ4n) is 2.16. The van der Waals surface area contributed by atoms with Gasteiger partial charge in [0.2, 0.25) is 0 Å². The molecule has 0 aliphatic rings. The predicted molar refractivity (Wildman–Crippen MR) is 99.8 cm³/mol. The largest absolute Gasteiger partial charge is 0.370 e. The molecule has 0 unspecified atom stereocenters. The van der Waals surface area contributed by atoms with Gasteiger partial charge in [0.25, 0.3) is 5.69 Å². The lowest BCUT2D eigenvalue weighted by atomic mass is 10.2. The Kier molecular flexibility index (Phi) is 7.80. The van der Waals surface area contributed by atoms with Crippen molar-refractivity contribution in [3.63, 3.8) is 0 Å². The summed E-state index contributed by atoms with van der Waals surface area (Å²) in [6.07, 6.45) is 1.53. The van der Waals surface area contributed by atoms with Gasteiger partial charge in [0.15, 0.2) is 5.96 Å². The van der Waals surface area contributed by atoms with E-state index >= 15 is 0 Å². The number of anilines is 2. The number of nitro benzene ring substituents is 1. The maximum absolute atomic E-state index is 14.4. The second kappa shape index (κ2) is 9.58. The number of hydrogen-bond acceptors (Lipinski definition) is 5. The number of nitrogens with two attached hydrogens (primary N) is 1. The molecule has 3 N–H and O–H groups in total. The van der Waals surface area contributed by atoms with Crippen molar-refractivity contribution in [3.8, 4) is 0 Å². The molecule has 1 aromatic rings. The van der Waals surface area contributed by atoms with Crippen LogP contribution in [0.25, 0.3) is 0 Å². The number of nitrogens with one attached hydrogen (secondary N) is 1. The Morgan fingerprint density at radius 3 is 2.68 bits per heavy atom. The molecule has 8 nitrogen and oxygen atoms in total. The number of halogens is 1. The lowest BCUT2D eigenvalue weighted by Crippen LogP contribution is -2.32. The Hall–Kier alpha value is -2.68. The highest BCUT2D eigenvalue weighted by Crippen LogP contribution is 2.33. The summed E-state index contributed by atoms with van der Waals surface area (Å²) in [7, 11) is 3.81. The Morgan fingerprint density at radius 2 is 2.16 bits per heavy atom. The van der Waals surface area contributed by atoms with E-state index in [-0.39, 0.29) is 29.6 Å². The molecule has 0 aliphatic heterocycles. The number of hydrogen-bond donors (Lipinski definition) is 2. The predicted octanol–water partition coefficient (Wildman–Crippen LogP) is 2.03. The maximum atomic E-state index is 14.4. The van der Waals surface area contributed by atoms with Crippen LogP contribution in [0.3, 0.4) is 0 Å². The van der Waals surface area contributed by atoms with Crippen LogP contribution in [0.2, 0.25) is 0 Å². The normalized spacial score (nSPS) is 11.5. The topological polar surface area (TPSA) is 100 Å². The average Bonchev–Trinajstić information content (AvgIpc) is 2.55. The van der Waals surface area contributed by atoms with Gasteiger partial charge in [-0.2, -0.15) is 0 Å². The van der Waals surface area contributed by atoms with E-state index in [1.165, 1.54) is 6.08 Å². The molecule has 1 rings (SSSR count). The summed E-state index contributed by atoms with van der Waals surface area (Å²) in [4.78, 5) is 18.5. The second-order valence-electron chi connectivity index (χ2n) is 5.60. The fraction of sp³-hybridized carbons (Fsp3) is 0.438. The summed E-state index contributed by atoms with van der Waals surface area (Å²) in [5.41, 5.74) is 5.58. The van der Waals surface area contributed by atoms with Crippen molar-refractivity contribution >= 4 is 23.0 Å². The number of benzene rings is 1. The van der Waals surface area contributed by atoms with E-state index in [0.717, 1.165) is 12.1 Å². The molecule has 0 heterocycles. The third-order valence-electron chi connectivity index (χ3n) is 3.45. The molecular formula is C16H25FN6O2. The highest BCUT2D eigenvalue weighted by atomic mass is 19.1. The second-order valence-corrected chi connectivity index (χ2v) is 5.60. The van der Waals surface area contributed by atoms with Gasteiger partial charge in [-0.1, -0.05) is 6.08 Å². The van der Waals surface area contributed by atoms with E-state index in [1.807, 2.05) is 25.9 Å². The highest BCUT2D eigenvalue weighted by molar-refractivity contribution is 5.93. The fourth-order valence-corrected chi connectivity index (χ4v) is 2.16. The quantitative estimate of drug-likeness (QED) is 0.232. The SMILES string of the molecule is C=CCN=C(N)Nc1cc([N+](=O)[O-])c(N(CC)CCN(C)C)cc1F.